The number of hydrogen-bond acceptors (Lipinski definition) is 5. The molecule has 10 heteroatoms. The van der Waals surface area contributed by atoms with Gasteiger partial charge >= 0.3 is 0 Å². The molecular weight excluding hydrogens is 362 g/mol. The predicted octanol–water partition coefficient (Wildman–Crippen LogP) is -0.132. The number of halogens is 1. The Hall–Kier alpha value is -1.00. The molecule has 0 saturated carbocycles. The molecule has 116 valence electrons. The fourth-order valence-corrected chi connectivity index (χ4v) is 5.50. The lowest BCUT2D eigenvalue weighted by Crippen LogP contribution is -2.44. The Bertz CT molecular complexity index is 659. The Kier molecular flexibility index (Phi) is 3.57. The Labute approximate surface area is 131 Å². The molecule has 0 atom stereocenters. The number of carbonyl (C=O) groups is 1. The molecule has 1 aromatic heterocycles. The van der Waals surface area contributed by atoms with Crippen LogP contribution in [0.25, 0.3) is 0 Å². The summed E-state index contributed by atoms with van der Waals surface area (Å²) < 4.78 is 28.3. The van der Waals surface area contributed by atoms with Gasteiger partial charge in [-0.05, 0) is 34.2 Å². The second-order valence-electron chi connectivity index (χ2n) is 5.67. The molecule has 0 aromatic carbocycles. The minimum atomic E-state index is -3.62. The second-order valence-corrected chi connectivity index (χ2v) is 8.27. The molecule has 0 radical (unpaired) electrons. The maximum absolute atomic E-state index is 12.7. The zero-order chi connectivity index (χ0) is 15.3. The van der Waals surface area contributed by atoms with Crippen LogP contribution in [-0.4, -0.2) is 53.3 Å². The molecule has 21 heavy (non-hydrogen) atoms. The summed E-state index contributed by atoms with van der Waals surface area (Å²) in [6.45, 7) is 1.47. The number of aromatic nitrogens is 3. The van der Waals surface area contributed by atoms with Crippen molar-refractivity contribution in [3.63, 3.8) is 0 Å². The van der Waals surface area contributed by atoms with E-state index in [9.17, 15) is 13.2 Å². The van der Waals surface area contributed by atoms with Crippen molar-refractivity contribution < 1.29 is 13.2 Å². The molecule has 3 heterocycles. The van der Waals surface area contributed by atoms with Crippen LogP contribution in [0.1, 0.15) is 19.3 Å². The van der Waals surface area contributed by atoms with Gasteiger partial charge in [0.15, 0.2) is 4.60 Å². The molecule has 2 saturated heterocycles. The molecule has 1 aromatic rings. The molecule has 1 amide bonds. The standard InChI is InChI=1S/C11H16BrN5O3S/c1-16-10(9(12)14-15-16)21(19,20)17-4-2-11(3-5-17)6-8(18)13-7-11/h2-7H2,1H3,(H,13,18). The van der Waals surface area contributed by atoms with Crippen molar-refractivity contribution in [3.8, 4) is 0 Å². The molecule has 1 spiro atoms. The molecule has 1 N–H and O–H groups in total. The lowest BCUT2D eigenvalue weighted by molar-refractivity contribution is -0.119. The minimum Gasteiger partial charge on any atom is -0.356 e. The number of sulfonamides is 1. The Morgan fingerprint density at radius 1 is 1.33 bits per heavy atom. The van der Waals surface area contributed by atoms with Crippen LogP contribution in [0.2, 0.25) is 0 Å². The normalized spacial score (nSPS) is 22.7. The van der Waals surface area contributed by atoms with Gasteiger partial charge in [0.05, 0.1) is 0 Å². The topological polar surface area (TPSA) is 97.2 Å². The van der Waals surface area contributed by atoms with Crippen LogP contribution in [0.4, 0.5) is 0 Å². The van der Waals surface area contributed by atoms with Crippen molar-refractivity contribution >= 4 is 31.9 Å². The molecule has 2 aliphatic heterocycles. The zero-order valence-electron chi connectivity index (χ0n) is 11.5. The highest BCUT2D eigenvalue weighted by Gasteiger charge is 2.44. The minimum absolute atomic E-state index is 0.0601. The van der Waals surface area contributed by atoms with E-state index in [1.54, 1.807) is 7.05 Å². The van der Waals surface area contributed by atoms with E-state index in [1.807, 2.05) is 0 Å². The number of aryl methyl sites for hydroxylation is 1. The summed E-state index contributed by atoms with van der Waals surface area (Å²) in [6, 6.07) is 0. The van der Waals surface area contributed by atoms with Gasteiger partial charge in [-0.25, -0.2) is 13.1 Å². The highest BCUT2D eigenvalue weighted by molar-refractivity contribution is 9.10. The van der Waals surface area contributed by atoms with E-state index in [0.29, 0.717) is 38.9 Å². The van der Waals surface area contributed by atoms with Gasteiger partial charge in [0.25, 0.3) is 10.0 Å². The van der Waals surface area contributed by atoms with Gasteiger partial charge in [-0.1, -0.05) is 5.21 Å². The largest absolute Gasteiger partial charge is 0.356 e. The highest BCUT2D eigenvalue weighted by Crippen LogP contribution is 2.39. The third kappa shape index (κ3) is 2.49. The van der Waals surface area contributed by atoms with Crippen molar-refractivity contribution in [1.82, 2.24) is 24.6 Å². The summed E-state index contributed by atoms with van der Waals surface area (Å²) in [4.78, 5) is 11.4. The van der Waals surface area contributed by atoms with Crippen LogP contribution in [0.15, 0.2) is 9.63 Å². The van der Waals surface area contributed by atoms with Crippen molar-refractivity contribution in [2.24, 2.45) is 12.5 Å². The molecule has 2 fully saturated rings. The quantitative estimate of drug-likeness (QED) is 0.773. The van der Waals surface area contributed by atoms with Crippen molar-refractivity contribution in [2.75, 3.05) is 19.6 Å². The summed E-state index contributed by atoms with van der Waals surface area (Å²) >= 11 is 3.13. The first kappa shape index (κ1) is 14.9. The number of carbonyl (C=O) groups excluding carboxylic acids is 1. The molecular formula is C11H16BrN5O3S. The maximum Gasteiger partial charge on any atom is 0.263 e. The molecule has 0 bridgehead atoms. The molecule has 2 aliphatic rings. The smallest absolute Gasteiger partial charge is 0.263 e. The van der Waals surface area contributed by atoms with Crippen molar-refractivity contribution in [1.29, 1.82) is 0 Å². The van der Waals surface area contributed by atoms with Crippen LogP contribution < -0.4 is 5.32 Å². The number of piperidine rings is 1. The number of nitrogens with one attached hydrogen (secondary N) is 1. The van der Waals surface area contributed by atoms with Gasteiger partial charge in [-0.2, -0.15) is 4.31 Å². The fraction of sp³-hybridized carbons (Fsp3) is 0.727. The van der Waals surface area contributed by atoms with Gasteiger partial charge in [-0.3, -0.25) is 4.79 Å². The summed E-state index contributed by atoms with van der Waals surface area (Å²) in [5, 5.41) is 10.4. The number of amides is 1. The molecule has 0 unspecified atom stereocenters. The third-order valence-corrected chi connectivity index (χ3v) is 7.09. The predicted molar refractivity (Wildman–Crippen MR) is 76.8 cm³/mol. The highest BCUT2D eigenvalue weighted by atomic mass is 79.9. The lowest BCUT2D eigenvalue weighted by atomic mass is 9.78. The first-order valence-corrected chi connectivity index (χ1v) is 8.89. The van der Waals surface area contributed by atoms with Crippen LogP contribution in [0.5, 0.6) is 0 Å². The Morgan fingerprint density at radius 2 is 2.00 bits per heavy atom. The van der Waals surface area contributed by atoms with Crippen LogP contribution >= 0.6 is 15.9 Å². The average molecular weight is 378 g/mol. The number of hydrogen-bond donors (Lipinski definition) is 1. The van der Waals surface area contributed by atoms with Crippen LogP contribution in [0.3, 0.4) is 0 Å². The average Bonchev–Trinajstić information content (AvgIpc) is 2.94. The second kappa shape index (κ2) is 5.03. The van der Waals surface area contributed by atoms with Gasteiger partial charge in [0.2, 0.25) is 10.9 Å². The van der Waals surface area contributed by atoms with Crippen LogP contribution in [0, 0.1) is 5.41 Å². The third-order valence-electron chi connectivity index (χ3n) is 4.30. The van der Waals surface area contributed by atoms with Crippen molar-refractivity contribution in [2.45, 2.75) is 24.3 Å². The Balaban J connectivity index is 1.79. The first-order valence-electron chi connectivity index (χ1n) is 6.66. The van der Waals surface area contributed by atoms with Crippen molar-refractivity contribution in [3.05, 3.63) is 4.60 Å². The lowest BCUT2D eigenvalue weighted by Gasteiger charge is -2.37. The van der Waals surface area contributed by atoms with E-state index in [1.165, 1.54) is 8.99 Å². The number of nitrogens with zero attached hydrogens (tertiary/aromatic N) is 4. The van der Waals surface area contributed by atoms with E-state index in [-0.39, 0.29) is 21.0 Å². The van der Waals surface area contributed by atoms with Gasteiger partial charge in [0, 0.05) is 33.1 Å². The van der Waals surface area contributed by atoms with Gasteiger partial charge in [0.1, 0.15) is 0 Å². The monoisotopic (exact) mass is 377 g/mol. The fourth-order valence-electron chi connectivity index (χ4n) is 3.03. The molecule has 3 rings (SSSR count). The summed E-state index contributed by atoms with van der Waals surface area (Å²) in [6.07, 6.45) is 1.87. The van der Waals surface area contributed by atoms with E-state index in [4.69, 9.17) is 0 Å². The first-order chi connectivity index (χ1) is 9.84. The van der Waals surface area contributed by atoms with Crippen LogP contribution in [-0.2, 0) is 21.9 Å². The Morgan fingerprint density at radius 3 is 2.48 bits per heavy atom. The number of rotatable bonds is 2. The van der Waals surface area contributed by atoms with E-state index >= 15 is 0 Å². The van der Waals surface area contributed by atoms with Gasteiger partial charge in [-0.15, -0.1) is 5.10 Å². The molecule has 8 nitrogen and oxygen atoms in total. The summed E-state index contributed by atoms with van der Waals surface area (Å²) in [5.74, 6) is 0.0601. The molecule has 0 aliphatic carbocycles. The van der Waals surface area contributed by atoms with E-state index in [0.717, 1.165) is 0 Å². The maximum atomic E-state index is 12.7. The van der Waals surface area contributed by atoms with E-state index in [2.05, 4.69) is 31.6 Å². The SMILES string of the molecule is Cn1nnc(Br)c1S(=O)(=O)N1CCC2(CC1)CNC(=O)C2. The van der Waals surface area contributed by atoms with Gasteiger partial charge < -0.3 is 5.32 Å². The summed E-state index contributed by atoms with van der Waals surface area (Å²) in [5.41, 5.74) is -0.0783. The zero-order valence-corrected chi connectivity index (χ0v) is 13.9. The summed E-state index contributed by atoms with van der Waals surface area (Å²) in [7, 11) is -2.07. The van der Waals surface area contributed by atoms with E-state index < -0.39 is 10.0 Å².